The summed E-state index contributed by atoms with van der Waals surface area (Å²) in [6, 6.07) is 12.2. The second kappa shape index (κ2) is 11.8. The van der Waals surface area contributed by atoms with Gasteiger partial charge in [-0.25, -0.2) is 9.37 Å². The number of aromatic nitrogens is 1. The number of aliphatic carboxylic acids is 1. The maximum Gasteiger partial charge on any atom is 0.320 e. The van der Waals surface area contributed by atoms with Crippen LogP contribution in [0.15, 0.2) is 60.8 Å². The lowest BCUT2D eigenvalue weighted by molar-refractivity contribution is -0.384. The van der Waals surface area contributed by atoms with E-state index in [2.05, 4.69) is 10.3 Å². The molecule has 0 aliphatic rings. The molecule has 1 atom stereocenters. The molecule has 3 aromatic rings. The van der Waals surface area contributed by atoms with Crippen LogP contribution in [0.5, 0.6) is 11.5 Å². The van der Waals surface area contributed by atoms with E-state index in [9.17, 15) is 19.3 Å². The van der Waals surface area contributed by atoms with Crippen LogP contribution in [-0.4, -0.2) is 27.0 Å². The molecular formula is C20H19Cl2FN4O5. The van der Waals surface area contributed by atoms with Gasteiger partial charge in [0.05, 0.1) is 4.92 Å². The molecule has 32 heavy (non-hydrogen) atoms. The SMILES string of the molecule is Cl.Cl.N[C@@H](Cc1ccc(Oc2ccc(Nc3ncccc3[N+](=O)[O-])cc2F)cc1)C(=O)O. The van der Waals surface area contributed by atoms with E-state index in [0.717, 1.165) is 6.07 Å². The maximum atomic E-state index is 14.4. The lowest BCUT2D eigenvalue weighted by Crippen LogP contribution is -2.32. The predicted molar refractivity (Wildman–Crippen MR) is 121 cm³/mol. The number of halogens is 3. The third-order valence-corrected chi connectivity index (χ3v) is 4.10. The Kier molecular flexibility index (Phi) is 9.79. The van der Waals surface area contributed by atoms with Crippen molar-refractivity contribution in [3.05, 3.63) is 82.3 Å². The zero-order chi connectivity index (χ0) is 21.7. The standard InChI is InChI=1S/C20H17FN4O5.2ClH/c21-15-11-13(24-19-17(25(28)29)2-1-9-23-19)5-8-18(15)30-14-6-3-12(4-7-14)10-16(22)20(26)27;;/h1-9,11,16H,10,22H2,(H,23,24)(H,26,27);2*1H/t16-;;/m0../s1. The fourth-order valence-corrected chi connectivity index (χ4v) is 2.60. The van der Waals surface area contributed by atoms with Crippen molar-refractivity contribution in [1.82, 2.24) is 4.98 Å². The number of benzene rings is 2. The summed E-state index contributed by atoms with van der Waals surface area (Å²) in [6.07, 6.45) is 1.54. The third-order valence-electron chi connectivity index (χ3n) is 4.10. The van der Waals surface area contributed by atoms with Gasteiger partial charge in [-0.15, -0.1) is 24.8 Å². The molecule has 12 heteroatoms. The predicted octanol–water partition coefficient (Wildman–Crippen LogP) is 4.46. The number of rotatable bonds is 8. The number of nitrogens with one attached hydrogen (secondary N) is 1. The van der Waals surface area contributed by atoms with Crippen molar-refractivity contribution >= 4 is 48.0 Å². The minimum Gasteiger partial charge on any atom is -0.480 e. The van der Waals surface area contributed by atoms with Crippen LogP contribution in [0.1, 0.15) is 5.56 Å². The van der Waals surface area contributed by atoms with Crippen LogP contribution >= 0.6 is 24.8 Å². The first kappa shape index (κ1) is 26.6. The van der Waals surface area contributed by atoms with Gasteiger partial charge in [0.25, 0.3) is 0 Å². The quantitative estimate of drug-likeness (QED) is 0.314. The Balaban J connectivity index is 0.00000256. The van der Waals surface area contributed by atoms with E-state index in [1.54, 1.807) is 24.3 Å². The van der Waals surface area contributed by atoms with Gasteiger partial charge in [-0.2, -0.15) is 0 Å². The summed E-state index contributed by atoms with van der Waals surface area (Å²) in [6.45, 7) is 0. The summed E-state index contributed by atoms with van der Waals surface area (Å²) in [5, 5.41) is 22.6. The third kappa shape index (κ3) is 6.77. The van der Waals surface area contributed by atoms with Gasteiger partial charge in [0.2, 0.25) is 5.82 Å². The molecule has 170 valence electrons. The normalized spacial score (nSPS) is 10.8. The summed E-state index contributed by atoms with van der Waals surface area (Å²) in [4.78, 5) is 25.2. The molecule has 0 aliphatic heterocycles. The number of hydrogen-bond acceptors (Lipinski definition) is 7. The molecule has 3 rings (SSSR count). The highest BCUT2D eigenvalue weighted by atomic mass is 35.5. The number of ether oxygens (including phenoxy) is 1. The Bertz CT molecular complexity index is 1090. The van der Waals surface area contributed by atoms with Crippen molar-refractivity contribution in [1.29, 1.82) is 0 Å². The summed E-state index contributed by atoms with van der Waals surface area (Å²) in [5.41, 5.74) is 6.23. The first-order valence-corrected chi connectivity index (χ1v) is 8.74. The first-order valence-electron chi connectivity index (χ1n) is 8.74. The van der Waals surface area contributed by atoms with Crippen molar-refractivity contribution in [2.75, 3.05) is 5.32 Å². The van der Waals surface area contributed by atoms with E-state index in [-0.39, 0.29) is 54.2 Å². The van der Waals surface area contributed by atoms with Crippen molar-refractivity contribution in [2.24, 2.45) is 5.73 Å². The highest BCUT2D eigenvalue weighted by molar-refractivity contribution is 5.85. The second-order valence-corrected chi connectivity index (χ2v) is 6.29. The Labute approximate surface area is 194 Å². The number of carboxylic acids is 1. The molecule has 9 nitrogen and oxygen atoms in total. The molecule has 0 radical (unpaired) electrons. The zero-order valence-electron chi connectivity index (χ0n) is 16.3. The number of carbonyl (C=O) groups is 1. The van der Waals surface area contributed by atoms with Crippen molar-refractivity contribution < 1.29 is 24.0 Å². The van der Waals surface area contributed by atoms with Crippen LogP contribution in [0.4, 0.5) is 21.6 Å². The van der Waals surface area contributed by atoms with Gasteiger partial charge in [-0.1, -0.05) is 12.1 Å². The number of anilines is 2. The second-order valence-electron chi connectivity index (χ2n) is 6.29. The fourth-order valence-electron chi connectivity index (χ4n) is 2.60. The van der Waals surface area contributed by atoms with Gasteiger partial charge in [-0.3, -0.25) is 14.9 Å². The molecule has 0 saturated carbocycles. The topological polar surface area (TPSA) is 141 Å². The fraction of sp³-hybridized carbons (Fsp3) is 0.100. The molecule has 4 N–H and O–H groups in total. The van der Waals surface area contributed by atoms with Crippen LogP contribution in [0.3, 0.4) is 0 Å². The van der Waals surface area contributed by atoms with E-state index in [1.807, 2.05) is 0 Å². The van der Waals surface area contributed by atoms with E-state index in [0.29, 0.717) is 11.3 Å². The Morgan fingerprint density at radius 1 is 1.22 bits per heavy atom. The molecule has 0 saturated heterocycles. The zero-order valence-corrected chi connectivity index (χ0v) is 17.9. The largest absolute Gasteiger partial charge is 0.480 e. The number of nitro groups is 1. The van der Waals surface area contributed by atoms with E-state index in [4.69, 9.17) is 15.6 Å². The molecular weight excluding hydrogens is 466 g/mol. The molecule has 1 aromatic heterocycles. The highest BCUT2D eigenvalue weighted by Crippen LogP contribution is 2.30. The molecule has 0 unspecified atom stereocenters. The van der Waals surface area contributed by atoms with Crippen molar-refractivity contribution in [3.8, 4) is 11.5 Å². The minimum absolute atomic E-state index is 0. The summed E-state index contributed by atoms with van der Waals surface area (Å²) >= 11 is 0. The van der Waals surface area contributed by atoms with Crippen LogP contribution < -0.4 is 15.8 Å². The van der Waals surface area contributed by atoms with E-state index >= 15 is 0 Å². The van der Waals surface area contributed by atoms with Gasteiger partial charge < -0.3 is 20.9 Å². The van der Waals surface area contributed by atoms with E-state index in [1.165, 1.54) is 30.5 Å². The first-order chi connectivity index (χ1) is 14.3. The van der Waals surface area contributed by atoms with Gasteiger partial charge in [0.15, 0.2) is 11.6 Å². The molecule has 0 aliphatic carbocycles. The van der Waals surface area contributed by atoms with E-state index < -0.39 is 22.8 Å². The summed E-state index contributed by atoms with van der Waals surface area (Å²) in [5.74, 6) is -1.49. The Morgan fingerprint density at radius 3 is 2.50 bits per heavy atom. The van der Waals surface area contributed by atoms with Crippen LogP contribution in [-0.2, 0) is 11.2 Å². The van der Waals surface area contributed by atoms with Crippen LogP contribution in [0.25, 0.3) is 0 Å². The number of nitrogens with two attached hydrogens (primary N) is 1. The average molecular weight is 485 g/mol. The molecule has 2 aromatic carbocycles. The Hall–Kier alpha value is -3.47. The van der Waals surface area contributed by atoms with Crippen LogP contribution in [0.2, 0.25) is 0 Å². The number of carboxylic acid groups (broad SMARTS) is 1. The summed E-state index contributed by atoms with van der Waals surface area (Å²) in [7, 11) is 0. The number of hydrogen-bond donors (Lipinski definition) is 3. The number of nitrogens with zero attached hydrogens (tertiary/aromatic N) is 2. The number of pyridine rings is 1. The van der Waals surface area contributed by atoms with Gasteiger partial charge in [0, 0.05) is 24.0 Å². The van der Waals surface area contributed by atoms with Crippen molar-refractivity contribution in [3.63, 3.8) is 0 Å². The monoisotopic (exact) mass is 484 g/mol. The lowest BCUT2D eigenvalue weighted by Gasteiger charge is -2.11. The Morgan fingerprint density at radius 2 is 1.91 bits per heavy atom. The maximum absolute atomic E-state index is 14.4. The molecule has 0 bridgehead atoms. The van der Waals surface area contributed by atoms with Gasteiger partial charge >= 0.3 is 11.7 Å². The molecule has 0 amide bonds. The highest BCUT2D eigenvalue weighted by Gasteiger charge is 2.15. The summed E-state index contributed by atoms with van der Waals surface area (Å²) < 4.78 is 19.9. The van der Waals surface area contributed by atoms with Crippen LogP contribution in [0, 0.1) is 15.9 Å². The van der Waals surface area contributed by atoms with Gasteiger partial charge in [-0.05, 0) is 42.3 Å². The molecule has 1 heterocycles. The lowest BCUT2D eigenvalue weighted by atomic mass is 10.1. The smallest absolute Gasteiger partial charge is 0.320 e. The average Bonchev–Trinajstić information content (AvgIpc) is 2.71. The van der Waals surface area contributed by atoms with Crippen molar-refractivity contribution in [2.45, 2.75) is 12.5 Å². The minimum atomic E-state index is -1.10. The molecule has 0 spiro atoms. The van der Waals surface area contributed by atoms with Gasteiger partial charge in [0.1, 0.15) is 11.8 Å². The molecule has 0 fully saturated rings.